The lowest BCUT2D eigenvalue weighted by Gasteiger charge is -2.19. The Hall–Kier alpha value is -3.09. The first-order valence-corrected chi connectivity index (χ1v) is 10.5. The molecular formula is C23H19ClN2O3S. The molecule has 1 aliphatic rings. The van der Waals surface area contributed by atoms with Gasteiger partial charge < -0.3 is 10.1 Å². The summed E-state index contributed by atoms with van der Waals surface area (Å²) in [7, 11) is 1.52. The summed E-state index contributed by atoms with van der Waals surface area (Å²) < 4.78 is 5.42. The summed E-state index contributed by atoms with van der Waals surface area (Å²) in [4.78, 5) is 28.9. The molecule has 0 saturated heterocycles. The van der Waals surface area contributed by atoms with Crippen molar-refractivity contribution in [1.29, 1.82) is 0 Å². The number of hydrogen-bond donors (Lipinski definition) is 1. The number of benzene rings is 2. The molecule has 2 amide bonds. The second-order valence-electron chi connectivity index (χ2n) is 6.89. The Morgan fingerprint density at radius 1 is 1.03 bits per heavy atom. The van der Waals surface area contributed by atoms with Crippen molar-refractivity contribution in [2.75, 3.05) is 17.3 Å². The number of amides is 2. The van der Waals surface area contributed by atoms with Gasteiger partial charge in [0.05, 0.1) is 18.4 Å². The Morgan fingerprint density at radius 3 is 2.53 bits per heavy atom. The summed E-state index contributed by atoms with van der Waals surface area (Å²) in [6.45, 7) is 3.76. The minimum atomic E-state index is -0.438. The van der Waals surface area contributed by atoms with Gasteiger partial charge in [-0.2, -0.15) is 0 Å². The summed E-state index contributed by atoms with van der Waals surface area (Å²) in [5.74, 6) is -0.381. The minimum Gasteiger partial charge on any atom is -0.495 e. The van der Waals surface area contributed by atoms with E-state index in [0.717, 1.165) is 11.1 Å². The van der Waals surface area contributed by atoms with Gasteiger partial charge in [-0.15, -0.1) is 11.3 Å². The Balaban J connectivity index is 1.86. The Kier molecular flexibility index (Phi) is 5.37. The smallest absolute Gasteiger partial charge is 0.282 e. The highest BCUT2D eigenvalue weighted by Crippen LogP contribution is 2.39. The van der Waals surface area contributed by atoms with Crippen molar-refractivity contribution in [2.24, 2.45) is 0 Å². The average Bonchev–Trinajstić information content (AvgIpc) is 3.32. The zero-order valence-corrected chi connectivity index (χ0v) is 18.2. The van der Waals surface area contributed by atoms with Crippen LogP contribution in [-0.4, -0.2) is 18.9 Å². The molecule has 0 saturated carbocycles. The van der Waals surface area contributed by atoms with E-state index in [9.17, 15) is 9.59 Å². The second kappa shape index (κ2) is 7.97. The second-order valence-corrected chi connectivity index (χ2v) is 8.24. The van der Waals surface area contributed by atoms with E-state index < -0.39 is 11.8 Å². The van der Waals surface area contributed by atoms with Crippen LogP contribution in [0.5, 0.6) is 5.75 Å². The van der Waals surface area contributed by atoms with Crippen molar-refractivity contribution in [1.82, 2.24) is 0 Å². The summed E-state index contributed by atoms with van der Waals surface area (Å²) in [6.07, 6.45) is 0. The van der Waals surface area contributed by atoms with Crippen LogP contribution in [0.1, 0.15) is 16.0 Å². The van der Waals surface area contributed by atoms with E-state index in [2.05, 4.69) is 5.32 Å². The maximum atomic E-state index is 13.5. The number of imide groups is 1. The van der Waals surface area contributed by atoms with E-state index in [1.165, 1.54) is 23.3 Å². The van der Waals surface area contributed by atoms with Gasteiger partial charge in [0.1, 0.15) is 11.4 Å². The van der Waals surface area contributed by atoms with Crippen molar-refractivity contribution in [3.05, 3.63) is 80.6 Å². The highest BCUT2D eigenvalue weighted by Gasteiger charge is 2.42. The van der Waals surface area contributed by atoms with Crippen LogP contribution in [0, 0.1) is 13.8 Å². The number of carbonyl (C=O) groups is 2. The number of halogens is 1. The normalized spacial score (nSPS) is 13.9. The molecule has 1 N–H and O–H groups in total. The highest BCUT2D eigenvalue weighted by atomic mass is 35.5. The van der Waals surface area contributed by atoms with Gasteiger partial charge in [0.2, 0.25) is 0 Å². The zero-order chi connectivity index (χ0) is 21.4. The fourth-order valence-corrected chi connectivity index (χ4v) is 4.31. The quantitative estimate of drug-likeness (QED) is 0.540. The molecule has 1 aromatic heterocycles. The molecular weight excluding hydrogens is 420 g/mol. The molecule has 1 aliphatic heterocycles. The van der Waals surface area contributed by atoms with Crippen LogP contribution in [0.2, 0.25) is 5.02 Å². The lowest BCUT2D eigenvalue weighted by molar-refractivity contribution is -0.120. The van der Waals surface area contributed by atoms with Crippen LogP contribution < -0.4 is 15.0 Å². The zero-order valence-electron chi connectivity index (χ0n) is 16.7. The number of methoxy groups -OCH3 is 1. The van der Waals surface area contributed by atoms with Gasteiger partial charge in [-0.05, 0) is 60.7 Å². The Labute approximate surface area is 183 Å². The van der Waals surface area contributed by atoms with Gasteiger partial charge in [0, 0.05) is 15.6 Å². The molecule has 0 aliphatic carbocycles. The number of nitrogens with zero attached hydrogens (tertiary/aromatic N) is 1. The predicted molar refractivity (Wildman–Crippen MR) is 121 cm³/mol. The summed E-state index contributed by atoms with van der Waals surface area (Å²) in [5.41, 5.74) is 3.35. The van der Waals surface area contributed by atoms with Gasteiger partial charge >= 0.3 is 0 Å². The van der Waals surface area contributed by atoms with Crippen molar-refractivity contribution in [2.45, 2.75) is 13.8 Å². The van der Waals surface area contributed by atoms with Gasteiger partial charge in [0.25, 0.3) is 11.8 Å². The van der Waals surface area contributed by atoms with Crippen LogP contribution in [0.15, 0.2) is 59.6 Å². The molecule has 0 radical (unpaired) electrons. The molecule has 4 rings (SSSR count). The summed E-state index contributed by atoms with van der Waals surface area (Å²) in [5, 5.41) is 5.62. The standard InChI is InChI=1S/C23H19ClN2O3S/c1-13-9-10-18(29-3)17(12-13)26-22(27)20(19-8-5-11-30-19)21(23(26)28)25-16-7-4-6-15(24)14(16)2/h4-12,25H,1-3H3. The largest absolute Gasteiger partial charge is 0.495 e. The molecule has 0 unspecified atom stereocenters. The fourth-order valence-electron chi connectivity index (χ4n) is 3.37. The van der Waals surface area contributed by atoms with Gasteiger partial charge in [0.15, 0.2) is 0 Å². The third kappa shape index (κ3) is 3.38. The molecule has 7 heteroatoms. The molecule has 0 fully saturated rings. The molecule has 0 spiro atoms. The van der Waals surface area contributed by atoms with Gasteiger partial charge in [-0.25, -0.2) is 4.90 Å². The lowest BCUT2D eigenvalue weighted by atomic mass is 10.1. The van der Waals surface area contributed by atoms with E-state index in [-0.39, 0.29) is 5.70 Å². The number of aryl methyl sites for hydroxylation is 1. The van der Waals surface area contributed by atoms with E-state index in [0.29, 0.717) is 32.6 Å². The molecule has 0 bridgehead atoms. The van der Waals surface area contributed by atoms with E-state index in [1.807, 2.05) is 43.5 Å². The monoisotopic (exact) mass is 438 g/mol. The van der Waals surface area contributed by atoms with E-state index >= 15 is 0 Å². The van der Waals surface area contributed by atoms with Crippen LogP contribution in [0.25, 0.3) is 5.57 Å². The maximum Gasteiger partial charge on any atom is 0.282 e. The molecule has 2 heterocycles. The first-order chi connectivity index (χ1) is 14.4. The molecule has 5 nitrogen and oxygen atoms in total. The highest BCUT2D eigenvalue weighted by molar-refractivity contribution is 7.11. The first kappa shape index (κ1) is 20.2. The van der Waals surface area contributed by atoms with Crippen molar-refractivity contribution >= 4 is 51.7 Å². The summed E-state index contributed by atoms with van der Waals surface area (Å²) in [6, 6.07) is 14.5. The third-order valence-electron chi connectivity index (χ3n) is 4.95. The van der Waals surface area contributed by atoms with Gasteiger partial charge in [-0.3, -0.25) is 9.59 Å². The topological polar surface area (TPSA) is 58.6 Å². The molecule has 3 aromatic rings. The number of anilines is 2. The third-order valence-corrected chi connectivity index (χ3v) is 6.25. The fraction of sp³-hybridized carbons (Fsp3) is 0.130. The van der Waals surface area contributed by atoms with Crippen LogP contribution >= 0.6 is 22.9 Å². The Bertz CT molecular complexity index is 1190. The number of ether oxygens (including phenoxy) is 1. The maximum absolute atomic E-state index is 13.5. The van der Waals surface area contributed by atoms with Crippen LogP contribution in [0.4, 0.5) is 11.4 Å². The number of carbonyl (C=O) groups excluding carboxylic acids is 2. The van der Waals surface area contributed by atoms with Gasteiger partial charge in [-0.1, -0.05) is 29.8 Å². The van der Waals surface area contributed by atoms with E-state index in [1.54, 1.807) is 24.3 Å². The number of nitrogens with one attached hydrogen (secondary N) is 1. The van der Waals surface area contributed by atoms with E-state index in [4.69, 9.17) is 16.3 Å². The molecule has 2 aromatic carbocycles. The van der Waals surface area contributed by atoms with Crippen molar-refractivity contribution in [3.8, 4) is 5.75 Å². The lowest BCUT2D eigenvalue weighted by Crippen LogP contribution is -2.32. The summed E-state index contributed by atoms with van der Waals surface area (Å²) >= 11 is 7.65. The van der Waals surface area contributed by atoms with Crippen LogP contribution in [-0.2, 0) is 9.59 Å². The Morgan fingerprint density at radius 2 is 1.83 bits per heavy atom. The number of rotatable bonds is 5. The number of hydrogen-bond acceptors (Lipinski definition) is 5. The average molecular weight is 439 g/mol. The predicted octanol–water partition coefficient (Wildman–Crippen LogP) is 5.42. The SMILES string of the molecule is COc1ccc(C)cc1N1C(=O)C(Nc2cccc(Cl)c2C)=C(c2cccs2)C1=O. The van der Waals surface area contributed by atoms with Crippen molar-refractivity contribution in [3.63, 3.8) is 0 Å². The molecule has 152 valence electrons. The first-order valence-electron chi connectivity index (χ1n) is 9.26. The van der Waals surface area contributed by atoms with Crippen molar-refractivity contribution < 1.29 is 14.3 Å². The number of thiophene rings is 1. The minimum absolute atomic E-state index is 0.219. The van der Waals surface area contributed by atoms with Crippen LogP contribution in [0.3, 0.4) is 0 Å². The molecule has 30 heavy (non-hydrogen) atoms. The molecule has 0 atom stereocenters.